The molecule has 2 aromatic carbocycles. The lowest BCUT2D eigenvalue weighted by Gasteiger charge is -2.28. The number of epoxide rings is 1. The molecule has 3 aromatic rings. The molecule has 0 bridgehead atoms. The smallest absolute Gasteiger partial charge is 0.410 e. The second kappa shape index (κ2) is 22.3. The normalized spacial score (nSPS) is 18.0. The van der Waals surface area contributed by atoms with Gasteiger partial charge in [-0.1, -0.05) is 93.5 Å². The number of piperazine rings is 1. The van der Waals surface area contributed by atoms with Gasteiger partial charge in [-0.25, -0.2) is 4.79 Å². The van der Waals surface area contributed by atoms with E-state index < -0.39 is 59.5 Å². The van der Waals surface area contributed by atoms with E-state index in [4.69, 9.17) is 14.0 Å². The van der Waals surface area contributed by atoms with Crippen molar-refractivity contribution in [2.75, 3.05) is 32.8 Å². The minimum absolute atomic E-state index is 0.0420. The average Bonchev–Trinajstić information content (AvgIpc) is 3.84. The van der Waals surface area contributed by atoms with Crippen LogP contribution >= 0.6 is 0 Å². The summed E-state index contributed by atoms with van der Waals surface area (Å²) in [6.07, 6.45) is 0.744. The fourth-order valence-corrected chi connectivity index (χ4v) is 7.11. The SMILES string of the molecule is CC(C)C[C@H](NC(=O)[C@H](CCc1ccccc1)NC(=O)Cc1cc(COC(=O)N2CCNCC2)on1)C(=O)N[C@@H](Cc1ccccc1)C(=O)N[C@@H](CC(C)C)C(=O)C1(C)CO1. The first-order valence-corrected chi connectivity index (χ1v) is 21.2. The van der Waals surface area contributed by atoms with Crippen LogP contribution in [0.1, 0.15) is 76.5 Å². The number of aromatic nitrogens is 1. The number of ketones is 1. The largest absolute Gasteiger partial charge is 0.441 e. The standard InChI is InChI=1S/C45H61N7O9/c1-29(2)22-36(40(54)45(5)28-60-45)48-43(57)38(24-32-14-10-7-11-15-32)50-42(56)37(23-30(3)4)49-41(55)35(17-16-31-12-8-6-9-13-31)47-39(53)26-33-25-34(61-51-33)27-59-44(58)52-20-18-46-19-21-52/h6-15,25,29-30,35-38,46H,16-24,26-28H2,1-5H3,(H,47,53)(H,48,57)(H,49,55)(H,50,56)/t35-,36-,37-,38-,45?/m0/s1. The Morgan fingerprint density at radius 3 is 1.95 bits per heavy atom. The molecule has 61 heavy (non-hydrogen) atoms. The van der Waals surface area contributed by atoms with Crippen LogP contribution in [0, 0.1) is 11.8 Å². The molecule has 2 aliphatic heterocycles. The van der Waals surface area contributed by atoms with Gasteiger partial charge in [-0.2, -0.15) is 0 Å². The van der Waals surface area contributed by atoms with E-state index in [9.17, 15) is 28.8 Å². The summed E-state index contributed by atoms with van der Waals surface area (Å²) >= 11 is 0. The molecule has 0 aliphatic carbocycles. The molecule has 2 aliphatic rings. The summed E-state index contributed by atoms with van der Waals surface area (Å²) in [4.78, 5) is 83.3. The van der Waals surface area contributed by atoms with Crippen molar-refractivity contribution < 1.29 is 42.8 Å². The molecule has 5 N–H and O–H groups in total. The zero-order valence-corrected chi connectivity index (χ0v) is 35.9. The first kappa shape index (κ1) is 46.5. The third kappa shape index (κ3) is 14.8. The molecule has 0 radical (unpaired) electrons. The van der Waals surface area contributed by atoms with Crippen LogP contribution in [0.2, 0.25) is 0 Å². The molecule has 2 saturated heterocycles. The highest BCUT2D eigenvalue weighted by molar-refractivity contribution is 5.98. The molecule has 2 fully saturated rings. The van der Waals surface area contributed by atoms with Crippen LogP contribution < -0.4 is 26.6 Å². The Kier molecular flexibility index (Phi) is 17.0. The summed E-state index contributed by atoms with van der Waals surface area (Å²) in [5.41, 5.74) is 1.07. The van der Waals surface area contributed by atoms with Crippen LogP contribution in [0.4, 0.5) is 4.79 Å². The Morgan fingerprint density at radius 1 is 0.770 bits per heavy atom. The number of amides is 5. The van der Waals surface area contributed by atoms with E-state index in [1.165, 1.54) is 6.07 Å². The van der Waals surface area contributed by atoms with E-state index >= 15 is 0 Å². The molecular formula is C45H61N7O9. The molecule has 5 amide bonds. The van der Waals surface area contributed by atoms with Crippen molar-refractivity contribution in [3.05, 3.63) is 89.3 Å². The van der Waals surface area contributed by atoms with Crippen LogP contribution in [-0.2, 0) is 59.3 Å². The fraction of sp³-hybridized carbons (Fsp3) is 0.533. The molecule has 5 atom stereocenters. The van der Waals surface area contributed by atoms with Crippen LogP contribution in [-0.4, -0.2) is 108 Å². The lowest BCUT2D eigenvalue weighted by atomic mass is 9.93. The van der Waals surface area contributed by atoms with Crippen molar-refractivity contribution in [3.63, 3.8) is 0 Å². The van der Waals surface area contributed by atoms with Crippen LogP contribution in [0.15, 0.2) is 71.3 Å². The minimum Gasteiger partial charge on any atom is -0.441 e. The second-order valence-corrected chi connectivity index (χ2v) is 16.9. The predicted octanol–water partition coefficient (Wildman–Crippen LogP) is 3.02. The molecule has 0 spiro atoms. The number of aryl methyl sites for hydroxylation is 1. The summed E-state index contributed by atoms with van der Waals surface area (Å²) in [5, 5.41) is 18.6. The number of hydrogen-bond acceptors (Lipinski definition) is 11. The van der Waals surface area contributed by atoms with Crippen molar-refractivity contribution in [1.82, 2.24) is 36.6 Å². The molecular weight excluding hydrogens is 783 g/mol. The highest BCUT2D eigenvalue weighted by Crippen LogP contribution is 2.29. The van der Waals surface area contributed by atoms with Gasteiger partial charge in [0, 0.05) is 38.7 Å². The Morgan fingerprint density at radius 2 is 1.33 bits per heavy atom. The number of hydrogen-bond donors (Lipinski definition) is 5. The fourth-order valence-electron chi connectivity index (χ4n) is 7.11. The highest BCUT2D eigenvalue weighted by Gasteiger charge is 2.50. The second-order valence-electron chi connectivity index (χ2n) is 16.9. The van der Waals surface area contributed by atoms with E-state index in [1.54, 1.807) is 11.8 Å². The molecule has 5 rings (SSSR count). The molecule has 16 nitrogen and oxygen atoms in total. The molecule has 3 heterocycles. The van der Waals surface area contributed by atoms with Gasteiger partial charge in [0.1, 0.15) is 23.7 Å². The summed E-state index contributed by atoms with van der Waals surface area (Å²) in [6.45, 7) is 12.0. The first-order valence-electron chi connectivity index (χ1n) is 21.2. The van der Waals surface area contributed by atoms with Crippen molar-refractivity contribution in [3.8, 4) is 0 Å². The zero-order chi connectivity index (χ0) is 43.9. The summed E-state index contributed by atoms with van der Waals surface area (Å²) < 4.78 is 16.1. The maximum atomic E-state index is 14.2. The quantitative estimate of drug-likeness (QED) is 0.0928. The summed E-state index contributed by atoms with van der Waals surface area (Å²) in [6, 6.07) is 16.2. The van der Waals surface area contributed by atoms with Gasteiger partial charge in [-0.15, -0.1) is 0 Å². The van der Waals surface area contributed by atoms with E-state index in [2.05, 4.69) is 31.7 Å². The van der Waals surface area contributed by atoms with Crippen molar-refractivity contribution in [2.45, 2.75) is 110 Å². The van der Waals surface area contributed by atoms with E-state index in [0.29, 0.717) is 39.0 Å². The van der Waals surface area contributed by atoms with E-state index in [1.807, 2.05) is 88.4 Å². The van der Waals surface area contributed by atoms with Gasteiger partial charge in [0.05, 0.1) is 24.8 Å². The topological polar surface area (TPSA) is 214 Å². The number of ether oxygens (including phenoxy) is 2. The van der Waals surface area contributed by atoms with Gasteiger partial charge in [-0.3, -0.25) is 24.0 Å². The maximum Gasteiger partial charge on any atom is 0.410 e. The molecule has 1 unspecified atom stereocenters. The number of rotatable bonds is 22. The van der Waals surface area contributed by atoms with Crippen LogP contribution in [0.5, 0.6) is 0 Å². The third-order valence-corrected chi connectivity index (χ3v) is 10.6. The minimum atomic E-state index is -1.08. The van der Waals surface area contributed by atoms with E-state index in [-0.39, 0.29) is 68.0 Å². The van der Waals surface area contributed by atoms with Crippen molar-refractivity contribution in [1.29, 1.82) is 0 Å². The first-order chi connectivity index (χ1) is 29.2. The predicted molar refractivity (Wildman–Crippen MR) is 226 cm³/mol. The number of benzene rings is 2. The summed E-state index contributed by atoms with van der Waals surface area (Å²) in [5.74, 6) is -2.10. The number of carbonyl (C=O) groups excluding carboxylic acids is 6. The lowest BCUT2D eigenvalue weighted by molar-refractivity contribution is -0.135. The molecule has 330 valence electrons. The number of Topliss-reactive ketones (excluding diaryl/α,β-unsaturated/α-hetero) is 1. The Balaban J connectivity index is 1.27. The number of carbonyl (C=O) groups is 6. The van der Waals surface area contributed by atoms with Gasteiger partial charge in [0.25, 0.3) is 0 Å². The van der Waals surface area contributed by atoms with Gasteiger partial charge < -0.3 is 45.5 Å². The van der Waals surface area contributed by atoms with Gasteiger partial charge in [-0.05, 0) is 55.6 Å². The van der Waals surface area contributed by atoms with E-state index in [0.717, 1.165) is 11.1 Å². The van der Waals surface area contributed by atoms with Gasteiger partial charge in [0.2, 0.25) is 23.6 Å². The Bertz CT molecular complexity index is 1930. The van der Waals surface area contributed by atoms with Crippen LogP contribution in [0.3, 0.4) is 0 Å². The summed E-state index contributed by atoms with van der Waals surface area (Å²) in [7, 11) is 0. The maximum absolute atomic E-state index is 14.2. The van der Waals surface area contributed by atoms with Gasteiger partial charge >= 0.3 is 6.09 Å². The number of nitrogens with one attached hydrogen (secondary N) is 5. The highest BCUT2D eigenvalue weighted by atomic mass is 16.6. The lowest BCUT2D eigenvalue weighted by Crippen LogP contribution is -2.59. The molecule has 0 saturated carbocycles. The molecule has 1 aromatic heterocycles. The Hall–Kier alpha value is -5.61. The van der Waals surface area contributed by atoms with Crippen molar-refractivity contribution in [2.24, 2.45) is 11.8 Å². The zero-order valence-electron chi connectivity index (χ0n) is 35.9. The average molecular weight is 844 g/mol. The Labute approximate surface area is 357 Å². The third-order valence-electron chi connectivity index (χ3n) is 10.6. The van der Waals surface area contributed by atoms with Gasteiger partial charge in [0.15, 0.2) is 18.2 Å². The monoisotopic (exact) mass is 843 g/mol. The van der Waals surface area contributed by atoms with Crippen LogP contribution in [0.25, 0.3) is 0 Å². The number of nitrogens with zero attached hydrogens (tertiary/aromatic N) is 2. The van der Waals surface area contributed by atoms with Crippen molar-refractivity contribution >= 4 is 35.5 Å². The molecule has 16 heteroatoms.